The summed E-state index contributed by atoms with van der Waals surface area (Å²) in [5.74, 6) is -0.972. The number of hydrogen-bond acceptors (Lipinski definition) is 2. The van der Waals surface area contributed by atoms with Crippen LogP contribution in [0.25, 0.3) is 11.0 Å². The minimum Gasteiger partial charge on any atom is -0.489 e. The van der Waals surface area contributed by atoms with Crippen molar-refractivity contribution in [3.8, 4) is 0 Å². The van der Waals surface area contributed by atoms with Gasteiger partial charge >= 0.3 is 7.28 Å². The van der Waals surface area contributed by atoms with Crippen LogP contribution in [0.2, 0.25) is 0 Å². The maximum absolute atomic E-state index is 10.6. The van der Waals surface area contributed by atoms with Gasteiger partial charge in [-0.25, -0.2) is 4.98 Å². The lowest BCUT2D eigenvalue weighted by Gasteiger charge is -2.02. The SMILES string of the molecule is CCn1c([B]C(=O)O)nc2ccccc21. The van der Waals surface area contributed by atoms with Gasteiger partial charge in [-0.05, 0) is 19.1 Å². The summed E-state index contributed by atoms with van der Waals surface area (Å²) < 4.78 is 1.88. The molecule has 15 heavy (non-hydrogen) atoms. The van der Waals surface area contributed by atoms with E-state index in [1.807, 2.05) is 35.8 Å². The zero-order valence-corrected chi connectivity index (χ0v) is 8.34. The van der Waals surface area contributed by atoms with Crippen molar-refractivity contribution in [2.45, 2.75) is 13.5 Å². The van der Waals surface area contributed by atoms with Crippen LogP contribution in [0, 0.1) is 0 Å². The zero-order valence-electron chi connectivity index (χ0n) is 8.34. The fourth-order valence-corrected chi connectivity index (χ4v) is 1.65. The van der Waals surface area contributed by atoms with Crippen molar-refractivity contribution >= 4 is 29.9 Å². The third-order valence-electron chi connectivity index (χ3n) is 2.25. The first-order valence-electron chi connectivity index (χ1n) is 4.75. The third-order valence-corrected chi connectivity index (χ3v) is 2.25. The Morgan fingerprint density at radius 1 is 1.53 bits per heavy atom. The molecule has 0 saturated heterocycles. The van der Waals surface area contributed by atoms with Crippen LogP contribution >= 0.6 is 0 Å². The summed E-state index contributed by atoms with van der Waals surface area (Å²) in [5.41, 5.74) is 2.28. The standard InChI is InChI=1S/C10H10BN2O2/c1-2-13-8-6-4-3-5-7(8)12-9(13)11-10(14)15/h3-6H,2H2,1H3,(H,14,15). The van der Waals surface area contributed by atoms with Crippen LogP contribution < -0.4 is 5.72 Å². The number of benzene rings is 1. The maximum Gasteiger partial charge on any atom is 0.347 e. The summed E-state index contributed by atoms with van der Waals surface area (Å²) >= 11 is 0. The van der Waals surface area contributed by atoms with Crippen molar-refractivity contribution in [3.63, 3.8) is 0 Å². The number of nitrogens with zero attached hydrogens (tertiary/aromatic N) is 2. The fourth-order valence-electron chi connectivity index (χ4n) is 1.65. The van der Waals surface area contributed by atoms with Crippen molar-refractivity contribution in [1.82, 2.24) is 9.55 Å². The predicted molar refractivity (Wildman–Crippen MR) is 58.8 cm³/mol. The van der Waals surface area contributed by atoms with E-state index in [-0.39, 0.29) is 0 Å². The van der Waals surface area contributed by atoms with Gasteiger partial charge in [-0.1, -0.05) is 12.1 Å². The number of fused-ring (bicyclic) bond motifs is 1. The van der Waals surface area contributed by atoms with Gasteiger partial charge in [0.05, 0.1) is 16.8 Å². The zero-order chi connectivity index (χ0) is 10.8. The normalized spacial score (nSPS) is 10.5. The van der Waals surface area contributed by atoms with E-state index in [2.05, 4.69) is 4.98 Å². The average molecular weight is 201 g/mol. The molecule has 1 aromatic heterocycles. The van der Waals surface area contributed by atoms with E-state index >= 15 is 0 Å². The Kier molecular flexibility index (Phi) is 2.45. The summed E-state index contributed by atoms with van der Waals surface area (Å²) in [6.45, 7) is 2.67. The van der Waals surface area contributed by atoms with E-state index in [4.69, 9.17) is 5.11 Å². The molecule has 1 radical (unpaired) electrons. The number of para-hydroxylation sites is 2. The molecular weight excluding hydrogens is 191 g/mol. The van der Waals surface area contributed by atoms with E-state index in [1.165, 1.54) is 0 Å². The van der Waals surface area contributed by atoms with E-state index in [9.17, 15) is 4.79 Å². The first-order valence-corrected chi connectivity index (χ1v) is 4.75. The minimum atomic E-state index is -0.972. The largest absolute Gasteiger partial charge is 0.489 e. The van der Waals surface area contributed by atoms with Gasteiger partial charge in [-0.15, -0.1) is 0 Å². The maximum atomic E-state index is 10.6. The summed E-state index contributed by atoms with van der Waals surface area (Å²) in [5, 5.41) is 8.70. The van der Waals surface area contributed by atoms with Crippen LogP contribution in [-0.2, 0) is 6.54 Å². The number of aryl methyl sites for hydroxylation is 1. The Hall–Kier alpha value is -1.78. The lowest BCUT2D eigenvalue weighted by molar-refractivity contribution is 0.220. The molecule has 0 atom stereocenters. The van der Waals surface area contributed by atoms with Crippen molar-refractivity contribution < 1.29 is 9.90 Å². The first kappa shape index (κ1) is 9.77. The monoisotopic (exact) mass is 201 g/mol. The molecule has 5 heteroatoms. The van der Waals surface area contributed by atoms with Crippen molar-refractivity contribution in [2.24, 2.45) is 0 Å². The molecule has 0 bridgehead atoms. The Morgan fingerprint density at radius 2 is 2.27 bits per heavy atom. The van der Waals surface area contributed by atoms with Crippen molar-refractivity contribution in [1.29, 1.82) is 0 Å². The van der Waals surface area contributed by atoms with Gasteiger partial charge in [-0.2, -0.15) is 0 Å². The van der Waals surface area contributed by atoms with Crippen molar-refractivity contribution in [2.75, 3.05) is 0 Å². The van der Waals surface area contributed by atoms with Crippen molar-refractivity contribution in [3.05, 3.63) is 24.3 Å². The molecule has 0 aliphatic carbocycles. The van der Waals surface area contributed by atoms with Crippen LogP contribution in [0.4, 0.5) is 4.79 Å². The fraction of sp³-hybridized carbons (Fsp3) is 0.200. The molecule has 0 unspecified atom stereocenters. The molecule has 0 saturated carbocycles. The van der Waals surface area contributed by atoms with Crippen LogP contribution in [0.15, 0.2) is 24.3 Å². The van der Waals surface area contributed by atoms with E-state index in [0.717, 1.165) is 18.3 Å². The number of aromatic nitrogens is 2. The highest BCUT2D eigenvalue weighted by atomic mass is 16.4. The minimum absolute atomic E-state index is 0.492. The quantitative estimate of drug-likeness (QED) is 0.755. The molecule has 4 nitrogen and oxygen atoms in total. The smallest absolute Gasteiger partial charge is 0.347 e. The highest BCUT2D eigenvalue weighted by Crippen LogP contribution is 2.09. The Labute approximate surface area is 87.8 Å². The molecule has 2 rings (SSSR count). The molecule has 1 aromatic carbocycles. The Bertz CT molecular complexity index is 507. The lowest BCUT2D eigenvalue weighted by atomic mass is 9.78. The molecule has 0 amide bonds. The van der Waals surface area contributed by atoms with Gasteiger partial charge in [0, 0.05) is 6.54 Å². The topological polar surface area (TPSA) is 55.1 Å². The highest BCUT2D eigenvalue weighted by Gasteiger charge is 2.13. The summed E-state index contributed by atoms with van der Waals surface area (Å²) in [7, 11) is 1.13. The second kappa shape index (κ2) is 3.77. The number of imidazole rings is 1. The molecule has 2 aromatic rings. The van der Waals surface area contributed by atoms with Crippen LogP contribution in [0.1, 0.15) is 6.92 Å². The highest BCUT2D eigenvalue weighted by molar-refractivity contribution is 6.81. The van der Waals surface area contributed by atoms with Gasteiger partial charge in [0.15, 0.2) is 0 Å². The Morgan fingerprint density at radius 3 is 2.93 bits per heavy atom. The molecule has 0 aliphatic heterocycles. The molecular formula is C10H10BN2O2. The average Bonchev–Trinajstić information content (AvgIpc) is 2.53. The first-order chi connectivity index (χ1) is 7.22. The van der Waals surface area contributed by atoms with Gasteiger partial charge in [-0.3, -0.25) is 4.79 Å². The van der Waals surface area contributed by atoms with Crippen LogP contribution in [-0.4, -0.2) is 27.8 Å². The number of rotatable bonds is 3. The molecule has 1 heterocycles. The van der Waals surface area contributed by atoms with E-state index in [0.29, 0.717) is 12.3 Å². The predicted octanol–water partition coefficient (Wildman–Crippen LogP) is 1.06. The molecule has 1 N–H and O–H groups in total. The second-order valence-electron chi connectivity index (χ2n) is 3.19. The van der Waals surface area contributed by atoms with E-state index < -0.39 is 5.87 Å². The van der Waals surface area contributed by atoms with Crippen LogP contribution in [0.5, 0.6) is 0 Å². The molecule has 0 spiro atoms. The summed E-state index contributed by atoms with van der Waals surface area (Å²) in [6.07, 6.45) is 0. The Balaban J connectivity index is 2.58. The molecule has 75 valence electrons. The third kappa shape index (κ3) is 1.72. The molecule has 0 aliphatic rings. The lowest BCUT2D eigenvalue weighted by Crippen LogP contribution is -2.31. The van der Waals surface area contributed by atoms with E-state index in [1.54, 1.807) is 0 Å². The summed E-state index contributed by atoms with van der Waals surface area (Å²) in [6, 6.07) is 7.62. The second-order valence-corrected chi connectivity index (χ2v) is 3.19. The van der Waals surface area contributed by atoms with Gasteiger partial charge in [0.2, 0.25) is 0 Å². The van der Waals surface area contributed by atoms with Gasteiger partial charge < -0.3 is 9.67 Å². The summed E-state index contributed by atoms with van der Waals surface area (Å²) in [4.78, 5) is 14.9. The number of carbonyl (C=O) groups is 1. The van der Waals surface area contributed by atoms with Crippen LogP contribution in [0.3, 0.4) is 0 Å². The number of carboxylic acid groups (broad SMARTS) is 1. The van der Waals surface area contributed by atoms with Gasteiger partial charge in [0.1, 0.15) is 0 Å². The molecule has 0 fully saturated rings. The van der Waals surface area contributed by atoms with Gasteiger partial charge in [0.25, 0.3) is 5.87 Å². The number of hydrogen-bond donors (Lipinski definition) is 1.